The molecule has 0 aliphatic rings. The molecule has 3 aromatic rings. The van der Waals surface area contributed by atoms with E-state index in [2.05, 4.69) is 20.7 Å². The molecule has 0 spiro atoms. The maximum atomic E-state index is 12.0. The van der Waals surface area contributed by atoms with Crippen LogP contribution < -0.4 is 10.2 Å². The second-order valence-corrected chi connectivity index (χ2v) is 5.15. The van der Waals surface area contributed by atoms with E-state index in [-0.39, 0.29) is 12.5 Å². The molecule has 1 N–H and O–H groups in total. The number of hydrazone groups is 1. The Morgan fingerprint density at radius 2 is 1.75 bits per heavy atom. The Labute approximate surface area is 138 Å². The van der Waals surface area contributed by atoms with Gasteiger partial charge in [-0.15, -0.1) is 0 Å². The first-order valence-corrected chi connectivity index (χ1v) is 7.44. The molecular formula is C17H17N5O2. The van der Waals surface area contributed by atoms with Crippen molar-refractivity contribution in [2.45, 2.75) is 13.5 Å². The normalized spacial score (nSPS) is 11.5. The molecule has 7 nitrogen and oxygen atoms in total. The van der Waals surface area contributed by atoms with Gasteiger partial charge < -0.3 is 4.74 Å². The highest BCUT2D eigenvalue weighted by Crippen LogP contribution is 2.17. The zero-order valence-electron chi connectivity index (χ0n) is 13.4. The first-order valence-electron chi connectivity index (χ1n) is 7.44. The fraction of sp³-hybridized carbons (Fsp3) is 0.176. The Bertz CT molecular complexity index is 868. The van der Waals surface area contributed by atoms with Gasteiger partial charge in [0.25, 0.3) is 5.91 Å². The molecule has 7 heteroatoms. The lowest BCUT2D eigenvalue weighted by Crippen LogP contribution is -2.25. The monoisotopic (exact) mass is 323 g/mol. The SMILES string of the molecule is COc1ccccc1/C(C)=N\NC(=O)Cn1nc2ccccc2n1. The summed E-state index contributed by atoms with van der Waals surface area (Å²) in [4.78, 5) is 13.4. The molecule has 1 heterocycles. The molecule has 0 fully saturated rings. The molecule has 122 valence electrons. The van der Waals surface area contributed by atoms with Crippen molar-refractivity contribution in [1.82, 2.24) is 20.4 Å². The summed E-state index contributed by atoms with van der Waals surface area (Å²) in [5, 5.41) is 12.6. The standard InChI is InChI=1S/C17H17N5O2/c1-12(13-7-3-6-10-16(13)24-2)18-19-17(23)11-22-20-14-8-4-5-9-15(14)21-22/h3-10H,11H2,1-2H3,(H,19,23)/b18-12-. The van der Waals surface area contributed by atoms with Gasteiger partial charge in [-0.25, -0.2) is 5.43 Å². The highest BCUT2D eigenvalue weighted by Gasteiger charge is 2.08. The molecule has 0 aliphatic heterocycles. The second-order valence-electron chi connectivity index (χ2n) is 5.15. The summed E-state index contributed by atoms with van der Waals surface area (Å²) in [5.74, 6) is 0.401. The van der Waals surface area contributed by atoms with Crippen LogP contribution in [-0.2, 0) is 11.3 Å². The highest BCUT2D eigenvalue weighted by molar-refractivity contribution is 6.01. The van der Waals surface area contributed by atoms with E-state index in [1.165, 1.54) is 4.80 Å². The van der Waals surface area contributed by atoms with Gasteiger partial charge >= 0.3 is 0 Å². The number of ether oxygens (including phenoxy) is 1. The quantitative estimate of drug-likeness (QED) is 0.575. The van der Waals surface area contributed by atoms with E-state index < -0.39 is 0 Å². The minimum Gasteiger partial charge on any atom is -0.496 e. The van der Waals surface area contributed by atoms with Crippen molar-refractivity contribution >= 4 is 22.7 Å². The van der Waals surface area contributed by atoms with E-state index in [1.807, 2.05) is 48.5 Å². The first kappa shape index (κ1) is 15.7. The average molecular weight is 323 g/mol. The maximum Gasteiger partial charge on any atom is 0.263 e. The topological polar surface area (TPSA) is 81.4 Å². The van der Waals surface area contributed by atoms with Crippen LogP contribution in [0.25, 0.3) is 11.0 Å². The molecular weight excluding hydrogens is 306 g/mol. The Morgan fingerprint density at radius 3 is 2.42 bits per heavy atom. The van der Waals surface area contributed by atoms with Crippen LogP contribution in [0.5, 0.6) is 5.75 Å². The number of nitrogens with zero attached hydrogens (tertiary/aromatic N) is 4. The Kier molecular flexibility index (Phi) is 4.51. The van der Waals surface area contributed by atoms with Crippen molar-refractivity contribution < 1.29 is 9.53 Å². The van der Waals surface area contributed by atoms with Gasteiger partial charge in [0.05, 0.1) is 12.8 Å². The van der Waals surface area contributed by atoms with E-state index in [9.17, 15) is 4.79 Å². The molecule has 0 saturated heterocycles. The van der Waals surface area contributed by atoms with Crippen LogP contribution in [0.4, 0.5) is 0 Å². The van der Waals surface area contributed by atoms with Crippen molar-refractivity contribution in [1.29, 1.82) is 0 Å². The number of carbonyl (C=O) groups excluding carboxylic acids is 1. The molecule has 0 saturated carbocycles. The lowest BCUT2D eigenvalue weighted by atomic mass is 10.1. The first-order chi connectivity index (χ1) is 11.7. The molecule has 0 bridgehead atoms. The number of amides is 1. The van der Waals surface area contributed by atoms with Gasteiger partial charge in [0.1, 0.15) is 23.3 Å². The predicted octanol–water partition coefficient (Wildman–Crippen LogP) is 1.98. The molecule has 1 amide bonds. The van der Waals surface area contributed by atoms with Crippen LogP contribution in [-0.4, -0.2) is 33.7 Å². The molecule has 24 heavy (non-hydrogen) atoms. The van der Waals surface area contributed by atoms with Crippen molar-refractivity contribution in [3.05, 3.63) is 54.1 Å². The van der Waals surface area contributed by atoms with Gasteiger partial charge in [-0.1, -0.05) is 24.3 Å². The van der Waals surface area contributed by atoms with Crippen LogP contribution in [0.15, 0.2) is 53.6 Å². The molecule has 3 rings (SSSR count). The Morgan fingerprint density at radius 1 is 1.12 bits per heavy atom. The summed E-state index contributed by atoms with van der Waals surface area (Å²) >= 11 is 0. The fourth-order valence-electron chi connectivity index (χ4n) is 2.29. The molecule has 2 aromatic carbocycles. The molecule has 1 aromatic heterocycles. The number of aromatic nitrogens is 3. The number of hydrogen-bond acceptors (Lipinski definition) is 5. The van der Waals surface area contributed by atoms with E-state index in [4.69, 9.17) is 4.74 Å². The summed E-state index contributed by atoms with van der Waals surface area (Å²) in [6.07, 6.45) is 0. The zero-order valence-corrected chi connectivity index (χ0v) is 13.4. The van der Waals surface area contributed by atoms with Gasteiger partial charge in [-0.05, 0) is 31.2 Å². The van der Waals surface area contributed by atoms with Gasteiger partial charge in [0, 0.05) is 5.56 Å². The number of rotatable bonds is 5. The van der Waals surface area contributed by atoms with E-state index >= 15 is 0 Å². The summed E-state index contributed by atoms with van der Waals surface area (Å²) < 4.78 is 5.28. The largest absolute Gasteiger partial charge is 0.496 e. The van der Waals surface area contributed by atoms with Gasteiger partial charge in [0.2, 0.25) is 0 Å². The number of nitrogens with one attached hydrogen (secondary N) is 1. The third kappa shape index (κ3) is 3.40. The van der Waals surface area contributed by atoms with Crippen molar-refractivity contribution in [2.75, 3.05) is 7.11 Å². The lowest BCUT2D eigenvalue weighted by molar-refractivity contribution is -0.122. The van der Waals surface area contributed by atoms with E-state index in [0.29, 0.717) is 11.5 Å². The number of methoxy groups -OCH3 is 1. The summed E-state index contributed by atoms with van der Waals surface area (Å²) in [5.41, 5.74) is 5.49. The third-order valence-electron chi connectivity index (χ3n) is 3.46. The summed E-state index contributed by atoms with van der Waals surface area (Å²) in [6.45, 7) is 1.80. The molecule has 0 radical (unpaired) electrons. The number of fused-ring (bicyclic) bond motifs is 1. The van der Waals surface area contributed by atoms with Crippen LogP contribution >= 0.6 is 0 Å². The Hall–Kier alpha value is -3.22. The van der Waals surface area contributed by atoms with Crippen molar-refractivity contribution in [3.63, 3.8) is 0 Å². The zero-order chi connectivity index (χ0) is 16.9. The van der Waals surface area contributed by atoms with Gasteiger partial charge in [0.15, 0.2) is 0 Å². The lowest BCUT2D eigenvalue weighted by Gasteiger charge is -2.07. The smallest absolute Gasteiger partial charge is 0.263 e. The van der Waals surface area contributed by atoms with Gasteiger partial charge in [-0.2, -0.15) is 20.1 Å². The number of hydrogen-bond donors (Lipinski definition) is 1. The van der Waals surface area contributed by atoms with Crippen LogP contribution in [0.1, 0.15) is 12.5 Å². The van der Waals surface area contributed by atoms with Crippen molar-refractivity contribution in [2.24, 2.45) is 5.10 Å². The van der Waals surface area contributed by atoms with E-state index in [1.54, 1.807) is 14.0 Å². The predicted molar refractivity (Wildman–Crippen MR) is 90.9 cm³/mol. The Balaban J connectivity index is 1.68. The van der Waals surface area contributed by atoms with Gasteiger partial charge in [-0.3, -0.25) is 4.79 Å². The highest BCUT2D eigenvalue weighted by atomic mass is 16.5. The summed E-state index contributed by atoms with van der Waals surface area (Å²) in [6, 6.07) is 14.9. The van der Waals surface area contributed by atoms with Crippen molar-refractivity contribution in [3.8, 4) is 5.75 Å². The fourth-order valence-corrected chi connectivity index (χ4v) is 2.29. The average Bonchev–Trinajstić information content (AvgIpc) is 3.01. The molecule has 0 atom stereocenters. The summed E-state index contributed by atoms with van der Waals surface area (Å²) in [7, 11) is 1.60. The minimum absolute atomic E-state index is 0.00259. The minimum atomic E-state index is -0.301. The number of carbonyl (C=O) groups is 1. The van der Waals surface area contributed by atoms with E-state index in [0.717, 1.165) is 16.6 Å². The van der Waals surface area contributed by atoms with Crippen LogP contribution in [0.2, 0.25) is 0 Å². The van der Waals surface area contributed by atoms with Crippen LogP contribution in [0, 0.1) is 0 Å². The molecule has 0 aliphatic carbocycles. The maximum absolute atomic E-state index is 12.0. The number of benzene rings is 2. The molecule has 0 unspecified atom stereocenters. The third-order valence-corrected chi connectivity index (χ3v) is 3.46. The number of para-hydroxylation sites is 1. The van der Waals surface area contributed by atoms with Crippen LogP contribution in [0.3, 0.4) is 0 Å². The second kappa shape index (κ2) is 6.91.